The Balaban J connectivity index is 1.94. The highest BCUT2D eigenvalue weighted by Gasteiger charge is 2.11. The average Bonchev–Trinajstić information content (AvgIpc) is 2.96. The molecule has 0 aliphatic heterocycles. The molecule has 122 valence electrons. The summed E-state index contributed by atoms with van der Waals surface area (Å²) in [4.78, 5) is 27.6. The second kappa shape index (κ2) is 8.14. The van der Waals surface area contributed by atoms with E-state index in [9.17, 15) is 9.59 Å². The third-order valence-corrected chi connectivity index (χ3v) is 4.55. The number of benzene rings is 1. The minimum atomic E-state index is -0.671. The largest absolute Gasteiger partial charge is 0.453 e. The van der Waals surface area contributed by atoms with Crippen molar-refractivity contribution in [3.05, 3.63) is 44.9 Å². The molecule has 1 heterocycles. The number of nitrogens with one attached hydrogen (secondary N) is 2. The molecule has 23 heavy (non-hydrogen) atoms. The highest BCUT2D eigenvalue weighted by molar-refractivity contribution is 7.15. The molecule has 1 aromatic heterocycles. The Kier molecular flexibility index (Phi) is 6.20. The SMILES string of the molecule is COC(=O)NCC(=O)Nc1ncc(Cc2cccc(Cl)c2Cl)s1. The first kappa shape index (κ1) is 17.5. The molecule has 2 rings (SSSR count). The summed E-state index contributed by atoms with van der Waals surface area (Å²) < 4.78 is 4.38. The number of amides is 2. The van der Waals surface area contributed by atoms with Crippen LogP contribution < -0.4 is 10.6 Å². The van der Waals surface area contributed by atoms with Gasteiger partial charge in [0.05, 0.1) is 17.2 Å². The first-order chi connectivity index (χ1) is 11.0. The van der Waals surface area contributed by atoms with E-state index in [4.69, 9.17) is 23.2 Å². The zero-order valence-corrected chi connectivity index (χ0v) is 14.4. The summed E-state index contributed by atoms with van der Waals surface area (Å²) in [6.45, 7) is -0.193. The van der Waals surface area contributed by atoms with Crippen LogP contribution in [0.15, 0.2) is 24.4 Å². The number of methoxy groups -OCH3 is 1. The van der Waals surface area contributed by atoms with Crippen molar-refractivity contribution >= 4 is 51.7 Å². The van der Waals surface area contributed by atoms with Gasteiger partial charge in [-0.3, -0.25) is 4.79 Å². The van der Waals surface area contributed by atoms with Crippen LogP contribution in [-0.2, 0) is 16.0 Å². The Morgan fingerprint density at radius 3 is 2.87 bits per heavy atom. The smallest absolute Gasteiger partial charge is 0.407 e. The van der Waals surface area contributed by atoms with Crippen LogP contribution in [-0.4, -0.2) is 30.6 Å². The van der Waals surface area contributed by atoms with E-state index in [1.807, 2.05) is 12.1 Å². The average molecular weight is 374 g/mol. The number of aromatic nitrogens is 1. The number of carbonyl (C=O) groups is 2. The van der Waals surface area contributed by atoms with Crippen molar-refractivity contribution in [2.75, 3.05) is 19.0 Å². The van der Waals surface area contributed by atoms with Crippen molar-refractivity contribution in [3.63, 3.8) is 0 Å². The number of rotatable bonds is 5. The molecule has 6 nitrogen and oxygen atoms in total. The van der Waals surface area contributed by atoms with Gasteiger partial charge in [0.25, 0.3) is 0 Å². The first-order valence-electron chi connectivity index (χ1n) is 6.49. The maximum Gasteiger partial charge on any atom is 0.407 e. The van der Waals surface area contributed by atoms with Gasteiger partial charge < -0.3 is 15.4 Å². The second-order valence-electron chi connectivity index (χ2n) is 4.41. The van der Waals surface area contributed by atoms with Crippen LogP contribution in [0.5, 0.6) is 0 Å². The Labute approximate surface area is 146 Å². The Hall–Kier alpha value is -1.83. The van der Waals surface area contributed by atoms with Gasteiger partial charge in [0.15, 0.2) is 5.13 Å². The maximum atomic E-state index is 11.6. The molecule has 0 spiro atoms. The van der Waals surface area contributed by atoms with E-state index in [1.54, 1.807) is 12.3 Å². The van der Waals surface area contributed by atoms with Gasteiger partial charge in [-0.25, -0.2) is 9.78 Å². The molecule has 0 aliphatic carbocycles. The van der Waals surface area contributed by atoms with Crippen molar-refractivity contribution in [3.8, 4) is 0 Å². The standard InChI is InChI=1S/C14H13Cl2N3O3S/c1-22-14(21)18-7-11(20)19-13-17-6-9(23-13)5-8-3-2-4-10(15)12(8)16/h2-4,6H,5,7H2,1H3,(H,18,21)(H,17,19,20). The molecule has 9 heteroatoms. The summed E-state index contributed by atoms with van der Waals surface area (Å²) in [5.41, 5.74) is 0.882. The normalized spacial score (nSPS) is 10.2. The molecule has 2 amide bonds. The molecule has 0 saturated carbocycles. The number of hydrogen-bond donors (Lipinski definition) is 2. The van der Waals surface area contributed by atoms with Gasteiger partial charge in [-0.2, -0.15) is 0 Å². The van der Waals surface area contributed by atoms with Crippen molar-refractivity contribution < 1.29 is 14.3 Å². The van der Waals surface area contributed by atoms with Crippen molar-refractivity contribution in [1.82, 2.24) is 10.3 Å². The summed E-state index contributed by atoms with van der Waals surface area (Å²) in [7, 11) is 1.22. The van der Waals surface area contributed by atoms with E-state index >= 15 is 0 Å². The zero-order valence-electron chi connectivity index (χ0n) is 12.1. The fourth-order valence-corrected chi connectivity index (χ4v) is 2.95. The summed E-state index contributed by atoms with van der Waals surface area (Å²) in [6.07, 6.45) is 1.55. The van der Waals surface area contributed by atoms with Crippen molar-refractivity contribution in [2.24, 2.45) is 0 Å². The molecule has 0 radical (unpaired) electrons. The molecule has 0 bridgehead atoms. The lowest BCUT2D eigenvalue weighted by atomic mass is 10.1. The molecule has 2 N–H and O–H groups in total. The third kappa shape index (κ3) is 5.09. The first-order valence-corrected chi connectivity index (χ1v) is 8.06. The van der Waals surface area contributed by atoms with E-state index in [0.717, 1.165) is 10.4 Å². The molecule has 1 aromatic carbocycles. The quantitative estimate of drug-likeness (QED) is 0.841. The lowest BCUT2D eigenvalue weighted by molar-refractivity contribution is -0.115. The molecular weight excluding hydrogens is 361 g/mol. The molecule has 2 aromatic rings. The van der Waals surface area contributed by atoms with Gasteiger partial charge in [-0.15, -0.1) is 11.3 Å². The van der Waals surface area contributed by atoms with Crippen LogP contribution in [0.3, 0.4) is 0 Å². The minimum Gasteiger partial charge on any atom is -0.453 e. The minimum absolute atomic E-state index is 0.193. The van der Waals surface area contributed by atoms with Crippen LogP contribution in [0, 0.1) is 0 Å². The topological polar surface area (TPSA) is 80.3 Å². The molecular formula is C14H13Cl2N3O3S. The van der Waals surface area contributed by atoms with Crippen LogP contribution in [0.2, 0.25) is 10.0 Å². The van der Waals surface area contributed by atoms with Crippen LogP contribution >= 0.6 is 34.5 Å². The van der Waals surface area contributed by atoms with Gasteiger partial charge in [0, 0.05) is 17.5 Å². The summed E-state index contributed by atoms with van der Waals surface area (Å²) in [6, 6.07) is 5.43. The highest BCUT2D eigenvalue weighted by Crippen LogP contribution is 2.29. The number of nitrogens with zero attached hydrogens (tertiary/aromatic N) is 1. The fraction of sp³-hybridized carbons (Fsp3) is 0.214. The van der Waals surface area contributed by atoms with Crippen molar-refractivity contribution in [2.45, 2.75) is 6.42 Å². The van der Waals surface area contributed by atoms with E-state index in [2.05, 4.69) is 20.4 Å². The second-order valence-corrected chi connectivity index (χ2v) is 6.32. The molecule has 0 fully saturated rings. The van der Waals surface area contributed by atoms with E-state index < -0.39 is 12.0 Å². The molecule has 0 aliphatic rings. The summed E-state index contributed by atoms with van der Waals surface area (Å²) in [5, 5.41) is 6.32. The predicted octanol–water partition coefficient (Wildman–Crippen LogP) is 3.34. The van der Waals surface area contributed by atoms with Gasteiger partial charge in [0.2, 0.25) is 5.91 Å². The number of ether oxygens (including phenoxy) is 1. The van der Waals surface area contributed by atoms with E-state index in [-0.39, 0.29) is 6.54 Å². The van der Waals surface area contributed by atoms with E-state index in [0.29, 0.717) is 21.6 Å². The zero-order chi connectivity index (χ0) is 16.8. The summed E-state index contributed by atoms with van der Waals surface area (Å²) in [5.74, 6) is -0.392. The number of thiazole rings is 1. The number of alkyl carbamates (subject to hydrolysis) is 1. The van der Waals surface area contributed by atoms with Gasteiger partial charge in [-0.1, -0.05) is 35.3 Å². The van der Waals surface area contributed by atoms with Gasteiger partial charge >= 0.3 is 6.09 Å². The Bertz CT molecular complexity index is 721. The third-order valence-electron chi connectivity index (χ3n) is 2.77. The molecule has 0 atom stereocenters. The summed E-state index contributed by atoms with van der Waals surface area (Å²) >= 11 is 13.5. The molecule has 0 unspecified atom stereocenters. The Morgan fingerprint density at radius 1 is 1.35 bits per heavy atom. The number of halogens is 2. The van der Waals surface area contributed by atoms with Crippen LogP contribution in [0.4, 0.5) is 9.93 Å². The number of carbonyl (C=O) groups excluding carboxylic acids is 2. The lowest BCUT2D eigenvalue weighted by Crippen LogP contribution is -2.32. The van der Waals surface area contributed by atoms with E-state index in [1.165, 1.54) is 18.4 Å². The van der Waals surface area contributed by atoms with Gasteiger partial charge in [0.1, 0.15) is 6.54 Å². The molecule has 0 saturated heterocycles. The lowest BCUT2D eigenvalue weighted by Gasteiger charge is -2.04. The number of hydrogen-bond acceptors (Lipinski definition) is 5. The number of anilines is 1. The van der Waals surface area contributed by atoms with Crippen LogP contribution in [0.25, 0.3) is 0 Å². The Morgan fingerprint density at radius 2 is 2.13 bits per heavy atom. The van der Waals surface area contributed by atoms with Crippen molar-refractivity contribution in [1.29, 1.82) is 0 Å². The predicted molar refractivity (Wildman–Crippen MR) is 90.4 cm³/mol. The fourth-order valence-electron chi connectivity index (χ4n) is 1.71. The van der Waals surface area contributed by atoms with Gasteiger partial charge in [-0.05, 0) is 11.6 Å². The maximum absolute atomic E-state index is 11.6. The monoisotopic (exact) mass is 373 g/mol. The van der Waals surface area contributed by atoms with Crippen LogP contribution in [0.1, 0.15) is 10.4 Å². The highest BCUT2D eigenvalue weighted by atomic mass is 35.5.